The minimum absolute atomic E-state index is 0.00895. The molecule has 0 spiro atoms. The zero-order valence-electron chi connectivity index (χ0n) is 17.2. The standard InChI is InChI=1S/C22H19ClFIN4O3S/c23-19-9-15(24)2-1-13(19)8-22(30)28-17-7-14-12-29(21-4-3-16(25)11-27-21)6-5-18(14)20(10-17)33(26,31)32/h1-4,7,9-11H,5-6,8,12H2,(H,28,30)(H2,26,31,32). The van der Waals surface area contributed by atoms with Crippen molar-refractivity contribution in [1.29, 1.82) is 0 Å². The number of amides is 1. The van der Waals surface area contributed by atoms with Gasteiger partial charge in [-0.3, -0.25) is 4.79 Å². The molecule has 1 aliphatic heterocycles. The van der Waals surface area contributed by atoms with Gasteiger partial charge in [0, 0.05) is 33.6 Å². The summed E-state index contributed by atoms with van der Waals surface area (Å²) in [6.45, 7) is 0.997. The molecule has 0 atom stereocenters. The van der Waals surface area contributed by atoms with E-state index in [1.807, 2.05) is 17.0 Å². The van der Waals surface area contributed by atoms with E-state index in [0.29, 0.717) is 36.3 Å². The predicted molar refractivity (Wildman–Crippen MR) is 133 cm³/mol. The molecule has 0 saturated heterocycles. The quantitative estimate of drug-likeness (QED) is 0.433. The molecule has 1 aliphatic rings. The number of aromatic nitrogens is 1. The Morgan fingerprint density at radius 1 is 1.24 bits per heavy atom. The summed E-state index contributed by atoms with van der Waals surface area (Å²) in [5, 5.41) is 8.33. The number of rotatable bonds is 5. The number of fused-ring (bicyclic) bond motifs is 1. The first kappa shape index (κ1) is 23.9. The molecule has 0 fully saturated rings. The zero-order chi connectivity index (χ0) is 23.8. The van der Waals surface area contributed by atoms with Crippen molar-refractivity contribution >= 4 is 61.6 Å². The van der Waals surface area contributed by atoms with Gasteiger partial charge in [-0.1, -0.05) is 17.7 Å². The summed E-state index contributed by atoms with van der Waals surface area (Å²) >= 11 is 8.19. The normalized spacial score (nSPS) is 13.5. The number of anilines is 2. The molecule has 2 heterocycles. The lowest BCUT2D eigenvalue weighted by molar-refractivity contribution is -0.115. The topological polar surface area (TPSA) is 105 Å². The second-order valence-corrected chi connectivity index (χ2v) is 10.8. The van der Waals surface area contributed by atoms with Crippen molar-refractivity contribution in [3.8, 4) is 0 Å². The number of hydrogen-bond acceptors (Lipinski definition) is 5. The van der Waals surface area contributed by atoms with Crippen molar-refractivity contribution in [2.24, 2.45) is 5.14 Å². The average molecular weight is 601 g/mol. The highest BCUT2D eigenvalue weighted by atomic mass is 127. The van der Waals surface area contributed by atoms with Gasteiger partial charge < -0.3 is 10.2 Å². The lowest BCUT2D eigenvalue weighted by Gasteiger charge is -2.31. The Bertz CT molecular complexity index is 1340. The maximum Gasteiger partial charge on any atom is 0.238 e. The van der Waals surface area contributed by atoms with Gasteiger partial charge in [-0.25, -0.2) is 22.9 Å². The van der Waals surface area contributed by atoms with Crippen molar-refractivity contribution < 1.29 is 17.6 Å². The minimum atomic E-state index is -4.01. The minimum Gasteiger partial charge on any atom is -0.352 e. The molecule has 7 nitrogen and oxygen atoms in total. The molecular formula is C22H19ClFIN4O3S. The highest BCUT2D eigenvalue weighted by Gasteiger charge is 2.25. The van der Waals surface area contributed by atoms with Crippen LogP contribution in [-0.4, -0.2) is 25.9 Å². The molecule has 0 bridgehead atoms. The summed E-state index contributed by atoms with van der Waals surface area (Å²) in [5.74, 6) is -0.141. The Kier molecular flexibility index (Phi) is 6.89. The maximum atomic E-state index is 13.3. The van der Waals surface area contributed by atoms with Crippen LogP contribution in [0.3, 0.4) is 0 Å². The SMILES string of the molecule is NS(=O)(=O)c1cc(NC(=O)Cc2ccc(F)cc2Cl)cc2c1CCN(c1ccc(I)cn1)C2. The van der Waals surface area contributed by atoms with Crippen LogP contribution in [0.4, 0.5) is 15.9 Å². The van der Waals surface area contributed by atoms with E-state index in [1.54, 1.807) is 12.3 Å². The average Bonchev–Trinajstić information content (AvgIpc) is 2.74. The van der Waals surface area contributed by atoms with Crippen LogP contribution in [0.5, 0.6) is 0 Å². The summed E-state index contributed by atoms with van der Waals surface area (Å²) < 4.78 is 38.8. The smallest absolute Gasteiger partial charge is 0.238 e. The number of hydrogen-bond donors (Lipinski definition) is 2. The molecule has 33 heavy (non-hydrogen) atoms. The van der Waals surface area contributed by atoms with E-state index in [4.69, 9.17) is 16.7 Å². The van der Waals surface area contributed by atoms with E-state index in [9.17, 15) is 17.6 Å². The fourth-order valence-corrected chi connectivity index (χ4v) is 5.20. The molecule has 1 amide bonds. The van der Waals surface area contributed by atoms with E-state index in [0.717, 1.165) is 21.0 Å². The van der Waals surface area contributed by atoms with Crippen LogP contribution >= 0.6 is 34.2 Å². The summed E-state index contributed by atoms with van der Waals surface area (Å²) in [6.07, 6.45) is 2.13. The maximum absolute atomic E-state index is 13.3. The van der Waals surface area contributed by atoms with Gasteiger partial charge in [0.2, 0.25) is 15.9 Å². The number of nitrogens with one attached hydrogen (secondary N) is 1. The van der Waals surface area contributed by atoms with Crippen LogP contribution in [0.2, 0.25) is 5.02 Å². The summed E-state index contributed by atoms with van der Waals surface area (Å²) in [7, 11) is -4.01. The molecule has 11 heteroatoms. The number of halogens is 3. The van der Waals surface area contributed by atoms with Gasteiger partial charge >= 0.3 is 0 Å². The van der Waals surface area contributed by atoms with Crippen molar-refractivity contribution in [2.75, 3.05) is 16.8 Å². The highest BCUT2D eigenvalue weighted by Crippen LogP contribution is 2.31. The van der Waals surface area contributed by atoms with Crippen LogP contribution in [-0.2, 0) is 34.2 Å². The number of sulfonamides is 1. The molecule has 2 aromatic carbocycles. The van der Waals surface area contributed by atoms with Crippen LogP contribution in [0.1, 0.15) is 16.7 Å². The number of pyridine rings is 1. The van der Waals surface area contributed by atoms with E-state index >= 15 is 0 Å². The van der Waals surface area contributed by atoms with Gasteiger partial charge in [-0.15, -0.1) is 0 Å². The summed E-state index contributed by atoms with van der Waals surface area (Å²) in [5.41, 5.74) is 2.14. The number of nitrogens with two attached hydrogens (primary N) is 1. The monoisotopic (exact) mass is 600 g/mol. The second kappa shape index (κ2) is 9.53. The molecule has 0 radical (unpaired) electrons. The van der Waals surface area contributed by atoms with Crippen molar-refractivity contribution in [3.63, 3.8) is 0 Å². The molecule has 4 rings (SSSR count). The summed E-state index contributed by atoms with van der Waals surface area (Å²) in [4.78, 5) is 19.1. The molecule has 0 saturated carbocycles. The van der Waals surface area contributed by atoms with E-state index in [2.05, 4.69) is 32.9 Å². The number of benzene rings is 2. The van der Waals surface area contributed by atoms with Gasteiger partial charge in [-0.2, -0.15) is 0 Å². The fourth-order valence-electron chi connectivity index (χ4n) is 3.78. The zero-order valence-corrected chi connectivity index (χ0v) is 20.9. The van der Waals surface area contributed by atoms with Gasteiger partial charge in [0.15, 0.2) is 0 Å². The van der Waals surface area contributed by atoms with Crippen LogP contribution in [0, 0.1) is 9.39 Å². The van der Waals surface area contributed by atoms with Gasteiger partial charge in [0.1, 0.15) is 11.6 Å². The molecule has 172 valence electrons. The Morgan fingerprint density at radius 3 is 2.70 bits per heavy atom. The lowest BCUT2D eigenvalue weighted by atomic mass is 9.98. The second-order valence-electron chi connectivity index (χ2n) is 7.62. The molecule has 3 N–H and O–H groups in total. The third kappa shape index (κ3) is 5.62. The highest BCUT2D eigenvalue weighted by molar-refractivity contribution is 14.1. The molecule has 3 aromatic rings. The van der Waals surface area contributed by atoms with Gasteiger partial charge in [0.25, 0.3) is 0 Å². The summed E-state index contributed by atoms with van der Waals surface area (Å²) in [6, 6.07) is 10.8. The molecular weight excluding hydrogens is 582 g/mol. The Labute approximate surface area is 209 Å². The third-order valence-electron chi connectivity index (χ3n) is 5.29. The Morgan fingerprint density at radius 2 is 2.03 bits per heavy atom. The van der Waals surface area contributed by atoms with Crippen molar-refractivity contribution in [3.05, 3.63) is 79.8 Å². The fraction of sp³-hybridized carbons (Fsp3) is 0.182. The van der Waals surface area contributed by atoms with Gasteiger partial charge in [-0.05, 0) is 82.1 Å². The van der Waals surface area contributed by atoms with E-state index in [1.165, 1.54) is 18.2 Å². The van der Waals surface area contributed by atoms with Crippen molar-refractivity contribution in [1.82, 2.24) is 4.98 Å². The Hall–Kier alpha value is -2.28. The first-order valence-electron chi connectivity index (χ1n) is 9.89. The molecule has 1 aromatic heterocycles. The molecule has 0 unspecified atom stereocenters. The number of carbonyl (C=O) groups is 1. The largest absolute Gasteiger partial charge is 0.352 e. The third-order valence-corrected chi connectivity index (χ3v) is 7.25. The van der Waals surface area contributed by atoms with Crippen LogP contribution < -0.4 is 15.4 Å². The predicted octanol–water partition coefficient (Wildman–Crippen LogP) is 3.87. The Balaban J connectivity index is 1.62. The number of primary sulfonamides is 1. The first-order chi connectivity index (χ1) is 15.6. The van der Waals surface area contributed by atoms with E-state index < -0.39 is 21.7 Å². The van der Waals surface area contributed by atoms with Gasteiger partial charge in [0.05, 0.1) is 11.3 Å². The lowest BCUT2D eigenvalue weighted by Crippen LogP contribution is -2.32. The van der Waals surface area contributed by atoms with Crippen molar-refractivity contribution in [2.45, 2.75) is 24.3 Å². The molecule has 0 aliphatic carbocycles. The van der Waals surface area contributed by atoms with Crippen LogP contribution in [0.25, 0.3) is 0 Å². The first-order valence-corrected chi connectivity index (χ1v) is 12.9. The number of carbonyl (C=O) groups excluding carboxylic acids is 1. The van der Waals surface area contributed by atoms with E-state index in [-0.39, 0.29) is 16.3 Å². The van der Waals surface area contributed by atoms with Crippen LogP contribution in [0.15, 0.2) is 53.6 Å². The number of nitrogens with zero attached hydrogens (tertiary/aromatic N) is 2.